The minimum Gasteiger partial charge on any atom is -0.380 e. The monoisotopic (exact) mass is 234 g/mol. The molecular weight excluding hydrogens is 220 g/mol. The van der Waals surface area contributed by atoms with Gasteiger partial charge in [0, 0.05) is 30.0 Å². The highest BCUT2D eigenvalue weighted by atomic mass is 14.9. The third-order valence-corrected chi connectivity index (χ3v) is 3.01. The minimum atomic E-state index is 0.828. The van der Waals surface area contributed by atoms with Crippen LogP contribution < -0.4 is 5.32 Å². The molecule has 0 fully saturated rings. The van der Waals surface area contributed by atoms with Crippen LogP contribution in [0.5, 0.6) is 0 Å². The van der Waals surface area contributed by atoms with Crippen molar-refractivity contribution in [2.24, 2.45) is 0 Å². The molecule has 0 bridgehead atoms. The number of rotatable bonds is 3. The summed E-state index contributed by atoms with van der Waals surface area (Å²) in [4.78, 5) is 4.19. The van der Waals surface area contributed by atoms with Crippen molar-refractivity contribution >= 4 is 16.5 Å². The Bertz CT molecular complexity index is 642. The Labute approximate surface area is 106 Å². The maximum absolute atomic E-state index is 4.19. The first-order chi connectivity index (χ1) is 8.93. The maximum atomic E-state index is 4.19. The van der Waals surface area contributed by atoms with Gasteiger partial charge in [0.25, 0.3) is 0 Å². The van der Waals surface area contributed by atoms with Crippen molar-refractivity contribution < 1.29 is 0 Å². The molecule has 3 aromatic rings. The van der Waals surface area contributed by atoms with Gasteiger partial charge in [-0.1, -0.05) is 42.5 Å². The van der Waals surface area contributed by atoms with Crippen LogP contribution in [0.3, 0.4) is 0 Å². The molecule has 3 rings (SSSR count). The lowest BCUT2D eigenvalue weighted by Crippen LogP contribution is -1.99. The normalized spacial score (nSPS) is 10.4. The molecule has 0 aliphatic carbocycles. The Hall–Kier alpha value is -2.35. The van der Waals surface area contributed by atoms with E-state index in [2.05, 4.69) is 52.8 Å². The Morgan fingerprint density at radius 3 is 2.67 bits per heavy atom. The number of nitrogens with one attached hydrogen (secondary N) is 1. The van der Waals surface area contributed by atoms with E-state index >= 15 is 0 Å². The smallest absolute Gasteiger partial charge is 0.0438 e. The summed E-state index contributed by atoms with van der Waals surface area (Å²) in [6.07, 6.45) is 3.73. The van der Waals surface area contributed by atoms with Gasteiger partial charge in [-0.25, -0.2) is 0 Å². The van der Waals surface area contributed by atoms with Crippen LogP contribution in [0, 0.1) is 0 Å². The van der Waals surface area contributed by atoms with Crippen molar-refractivity contribution in [3.63, 3.8) is 0 Å². The quantitative estimate of drug-likeness (QED) is 0.744. The number of benzene rings is 2. The second kappa shape index (κ2) is 4.88. The maximum Gasteiger partial charge on any atom is 0.0438 e. The number of hydrogen-bond acceptors (Lipinski definition) is 2. The fraction of sp³-hybridized carbons (Fsp3) is 0.0625. The van der Waals surface area contributed by atoms with Crippen molar-refractivity contribution in [1.82, 2.24) is 4.98 Å². The molecule has 18 heavy (non-hydrogen) atoms. The highest BCUT2D eigenvalue weighted by Gasteiger charge is 1.99. The SMILES string of the molecule is c1ccc(CNc2cccc3ccncc23)cc1. The molecule has 0 spiro atoms. The molecule has 0 unspecified atom stereocenters. The average molecular weight is 234 g/mol. The predicted octanol–water partition coefficient (Wildman–Crippen LogP) is 3.85. The standard InChI is InChI=1S/C16H14N2/c1-2-5-13(6-3-1)11-18-16-8-4-7-14-9-10-17-12-15(14)16/h1-10,12,18H,11H2. The van der Waals surface area contributed by atoms with Gasteiger partial charge in [0.15, 0.2) is 0 Å². The van der Waals surface area contributed by atoms with E-state index in [9.17, 15) is 0 Å². The molecule has 0 aliphatic heterocycles. The Balaban J connectivity index is 1.87. The molecular formula is C16H14N2. The highest BCUT2D eigenvalue weighted by Crippen LogP contribution is 2.22. The van der Waals surface area contributed by atoms with Crippen molar-refractivity contribution in [3.8, 4) is 0 Å². The molecule has 0 saturated heterocycles. The molecule has 1 aromatic heterocycles. The molecule has 0 radical (unpaired) electrons. The molecule has 1 N–H and O–H groups in total. The Kier molecular flexibility index (Phi) is 2.92. The van der Waals surface area contributed by atoms with E-state index in [4.69, 9.17) is 0 Å². The van der Waals surface area contributed by atoms with E-state index in [0.717, 1.165) is 17.6 Å². The number of pyridine rings is 1. The van der Waals surface area contributed by atoms with Gasteiger partial charge in [0.05, 0.1) is 0 Å². The van der Waals surface area contributed by atoms with Crippen LogP contribution in [-0.4, -0.2) is 4.98 Å². The topological polar surface area (TPSA) is 24.9 Å². The van der Waals surface area contributed by atoms with Crippen LogP contribution >= 0.6 is 0 Å². The van der Waals surface area contributed by atoms with Crippen LogP contribution in [0.25, 0.3) is 10.8 Å². The third kappa shape index (κ3) is 2.18. The van der Waals surface area contributed by atoms with Gasteiger partial charge >= 0.3 is 0 Å². The molecule has 0 aliphatic rings. The van der Waals surface area contributed by atoms with E-state index in [1.54, 1.807) is 0 Å². The zero-order valence-corrected chi connectivity index (χ0v) is 10.0. The summed E-state index contributed by atoms with van der Waals surface area (Å²) in [7, 11) is 0. The summed E-state index contributed by atoms with van der Waals surface area (Å²) in [6.45, 7) is 0.828. The zero-order valence-electron chi connectivity index (χ0n) is 10.0. The number of fused-ring (bicyclic) bond motifs is 1. The van der Waals surface area contributed by atoms with Gasteiger partial charge in [-0.05, 0) is 23.1 Å². The van der Waals surface area contributed by atoms with Gasteiger partial charge in [-0.3, -0.25) is 4.98 Å². The van der Waals surface area contributed by atoms with E-state index in [0.29, 0.717) is 0 Å². The minimum absolute atomic E-state index is 0.828. The van der Waals surface area contributed by atoms with Crippen molar-refractivity contribution in [2.75, 3.05) is 5.32 Å². The van der Waals surface area contributed by atoms with Gasteiger partial charge in [0.1, 0.15) is 0 Å². The first-order valence-electron chi connectivity index (χ1n) is 6.04. The van der Waals surface area contributed by atoms with E-state index in [1.807, 2.05) is 24.5 Å². The summed E-state index contributed by atoms with van der Waals surface area (Å²) in [5.41, 5.74) is 2.41. The summed E-state index contributed by atoms with van der Waals surface area (Å²) < 4.78 is 0. The lowest BCUT2D eigenvalue weighted by Gasteiger charge is -2.09. The Morgan fingerprint density at radius 2 is 1.78 bits per heavy atom. The first-order valence-corrected chi connectivity index (χ1v) is 6.04. The zero-order chi connectivity index (χ0) is 12.2. The lowest BCUT2D eigenvalue weighted by molar-refractivity contribution is 1.15. The predicted molar refractivity (Wildman–Crippen MR) is 75.5 cm³/mol. The molecule has 0 amide bonds. The van der Waals surface area contributed by atoms with Gasteiger partial charge in [0.2, 0.25) is 0 Å². The molecule has 0 atom stereocenters. The van der Waals surface area contributed by atoms with Gasteiger partial charge in [-0.15, -0.1) is 0 Å². The second-order valence-corrected chi connectivity index (χ2v) is 4.24. The molecule has 1 heterocycles. The summed E-state index contributed by atoms with van der Waals surface area (Å²) in [5.74, 6) is 0. The van der Waals surface area contributed by atoms with Crippen molar-refractivity contribution in [1.29, 1.82) is 0 Å². The molecule has 88 valence electrons. The third-order valence-electron chi connectivity index (χ3n) is 3.01. The van der Waals surface area contributed by atoms with Crippen molar-refractivity contribution in [3.05, 3.63) is 72.6 Å². The summed E-state index contributed by atoms with van der Waals surface area (Å²) in [5, 5.41) is 5.84. The van der Waals surface area contributed by atoms with Gasteiger partial charge in [-0.2, -0.15) is 0 Å². The van der Waals surface area contributed by atoms with Crippen LogP contribution in [0.15, 0.2) is 67.0 Å². The fourth-order valence-corrected chi connectivity index (χ4v) is 2.06. The van der Waals surface area contributed by atoms with Crippen LogP contribution in [-0.2, 0) is 6.54 Å². The number of aromatic nitrogens is 1. The van der Waals surface area contributed by atoms with Crippen LogP contribution in [0.1, 0.15) is 5.56 Å². The van der Waals surface area contributed by atoms with E-state index in [-0.39, 0.29) is 0 Å². The van der Waals surface area contributed by atoms with Crippen LogP contribution in [0.2, 0.25) is 0 Å². The van der Waals surface area contributed by atoms with Crippen molar-refractivity contribution in [2.45, 2.75) is 6.54 Å². The average Bonchev–Trinajstić information content (AvgIpc) is 2.46. The molecule has 0 saturated carbocycles. The fourth-order valence-electron chi connectivity index (χ4n) is 2.06. The number of nitrogens with zero attached hydrogens (tertiary/aromatic N) is 1. The van der Waals surface area contributed by atoms with Crippen LogP contribution in [0.4, 0.5) is 5.69 Å². The van der Waals surface area contributed by atoms with E-state index < -0.39 is 0 Å². The lowest BCUT2D eigenvalue weighted by atomic mass is 10.1. The number of hydrogen-bond donors (Lipinski definition) is 1. The highest BCUT2D eigenvalue weighted by molar-refractivity contribution is 5.92. The Morgan fingerprint density at radius 1 is 0.889 bits per heavy atom. The molecule has 2 aromatic carbocycles. The first kappa shape index (κ1) is 10.8. The largest absolute Gasteiger partial charge is 0.380 e. The number of anilines is 1. The van der Waals surface area contributed by atoms with E-state index in [1.165, 1.54) is 10.9 Å². The van der Waals surface area contributed by atoms with Gasteiger partial charge < -0.3 is 5.32 Å². The second-order valence-electron chi connectivity index (χ2n) is 4.24. The molecule has 2 heteroatoms. The summed E-state index contributed by atoms with van der Waals surface area (Å²) >= 11 is 0. The summed E-state index contributed by atoms with van der Waals surface area (Å²) in [6, 6.07) is 18.7. The molecule has 2 nitrogen and oxygen atoms in total.